The summed E-state index contributed by atoms with van der Waals surface area (Å²) < 4.78 is 6.43. The van der Waals surface area contributed by atoms with Crippen LogP contribution in [0.4, 0.5) is 0 Å². The molecule has 0 spiro atoms. The first-order valence-electron chi connectivity index (χ1n) is 15.9. The monoisotopic (exact) mass is 535 g/mol. The van der Waals surface area contributed by atoms with Crippen LogP contribution in [0.25, 0.3) is 0 Å². The third-order valence-electron chi connectivity index (χ3n) is 10.4. The summed E-state index contributed by atoms with van der Waals surface area (Å²) in [4.78, 5) is 19.7. The predicted octanol–water partition coefficient (Wildman–Crippen LogP) is 3.15. The number of amides is 1. The van der Waals surface area contributed by atoms with Gasteiger partial charge in [0.2, 0.25) is 5.91 Å². The standard InChI is InChI=1S/C30H53N3O5/c1-20(35)29-26(19-34)28(30(36)31-16-15-22-17-32-27-10-6-5-9-25(22)27)33(38-29)18-21-11-13-24(14-12-21)37-23-7-3-2-4-8-23/h20-29,32,34-35H,2-19H2,1H3,(H,31,36)/t20-,21?,22?,24?,25?,26-,27?,28-,29-/m1/s1. The molecule has 0 radical (unpaired) electrons. The van der Waals surface area contributed by atoms with Crippen molar-refractivity contribution in [1.29, 1.82) is 0 Å². The molecule has 3 saturated carbocycles. The van der Waals surface area contributed by atoms with E-state index < -0.39 is 24.2 Å². The Hall–Kier alpha value is -0.770. The summed E-state index contributed by atoms with van der Waals surface area (Å²) in [5, 5.41) is 29.3. The fourth-order valence-electron chi connectivity index (χ4n) is 8.24. The highest BCUT2D eigenvalue weighted by Gasteiger charge is 2.49. The normalized spacial score (nSPS) is 39.7. The van der Waals surface area contributed by atoms with Gasteiger partial charge in [0.1, 0.15) is 12.1 Å². The van der Waals surface area contributed by atoms with Crippen LogP contribution in [0.15, 0.2) is 0 Å². The van der Waals surface area contributed by atoms with E-state index in [0.717, 1.165) is 44.6 Å². The summed E-state index contributed by atoms with van der Waals surface area (Å²) in [6.45, 7) is 3.88. The fraction of sp³-hybridized carbons (Fsp3) is 0.967. The molecule has 3 unspecified atom stereocenters. The van der Waals surface area contributed by atoms with Crippen LogP contribution in [0.3, 0.4) is 0 Å². The summed E-state index contributed by atoms with van der Waals surface area (Å²) in [6, 6.07) is 0.0943. The summed E-state index contributed by atoms with van der Waals surface area (Å²) in [5.74, 6) is 1.29. The highest BCUT2D eigenvalue weighted by atomic mass is 16.7. The van der Waals surface area contributed by atoms with Crippen LogP contribution in [0.2, 0.25) is 0 Å². The number of aliphatic hydroxyl groups is 2. The molecule has 8 nitrogen and oxygen atoms in total. The van der Waals surface area contributed by atoms with Gasteiger partial charge < -0.3 is 25.6 Å². The summed E-state index contributed by atoms with van der Waals surface area (Å²) in [5.41, 5.74) is 0. The fourth-order valence-corrected chi connectivity index (χ4v) is 8.24. The lowest BCUT2D eigenvalue weighted by molar-refractivity contribution is -0.194. The second-order valence-electron chi connectivity index (χ2n) is 13.0. The number of aliphatic hydroxyl groups excluding tert-OH is 2. The Bertz CT molecular complexity index is 739. The largest absolute Gasteiger partial charge is 0.396 e. The van der Waals surface area contributed by atoms with E-state index >= 15 is 0 Å². The number of nitrogens with zero attached hydrogens (tertiary/aromatic N) is 1. The van der Waals surface area contributed by atoms with E-state index in [1.54, 1.807) is 12.0 Å². The average Bonchev–Trinajstić information content (AvgIpc) is 3.52. The summed E-state index contributed by atoms with van der Waals surface area (Å²) in [6.07, 6.45) is 16.3. The minimum absolute atomic E-state index is 0.0762. The number of rotatable bonds is 10. The molecule has 0 aromatic rings. The Morgan fingerprint density at radius 1 is 1.03 bits per heavy atom. The second kappa shape index (κ2) is 13.7. The summed E-state index contributed by atoms with van der Waals surface area (Å²) in [7, 11) is 0. The molecule has 1 amide bonds. The molecule has 5 rings (SSSR count). The third kappa shape index (κ3) is 6.92. The van der Waals surface area contributed by atoms with Crippen molar-refractivity contribution in [2.75, 3.05) is 26.2 Å². The Balaban J connectivity index is 1.13. The molecule has 38 heavy (non-hydrogen) atoms. The van der Waals surface area contributed by atoms with Crippen LogP contribution in [0.5, 0.6) is 0 Å². The highest BCUT2D eigenvalue weighted by molar-refractivity contribution is 5.82. The quantitative estimate of drug-likeness (QED) is 0.341. The molecule has 2 heterocycles. The number of hydrogen-bond donors (Lipinski definition) is 4. The predicted molar refractivity (Wildman–Crippen MR) is 146 cm³/mol. The van der Waals surface area contributed by atoms with Crippen molar-refractivity contribution < 1.29 is 24.6 Å². The number of nitrogens with one attached hydrogen (secondary N) is 2. The molecule has 218 valence electrons. The molecule has 0 bridgehead atoms. The van der Waals surface area contributed by atoms with E-state index in [9.17, 15) is 15.0 Å². The minimum Gasteiger partial charge on any atom is -0.396 e. The van der Waals surface area contributed by atoms with E-state index in [4.69, 9.17) is 9.57 Å². The third-order valence-corrected chi connectivity index (χ3v) is 10.4. The maximum atomic E-state index is 13.5. The maximum absolute atomic E-state index is 13.5. The first-order chi connectivity index (χ1) is 18.5. The van der Waals surface area contributed by atoms with Gasteiger partial charge in [-0.05, 0) is 89.0 Å². The molecule has 7 atom stereocenters. The molecule has 0 aromatic carbocycles. The van der Waals surface area contributed by atoms with Crippen molar-refractivity contribution in [2.24, 2.45) is 23.7 Å². The van der Waals surface area contributed by atoms with Crippen molar-refractivity contribution >= 4 is 5.91 Å². The van der Waals surface area contributed by atoms with Gasteiger partial charge in [0.15, 0.2) is 0 Å². The van der Waals surface area contributed by atoms with Crippen molar-refractivity contribution in [2.45, 2.75) is 133 Å². The van der Waals surface area contributed by atoms with Crippen LogP contribution in [-0.2, 0) is 14.4 Å². The van der Waals surface area contributed by atoms with Crippen molar-refractivity contribution in [3.63, 3.8) is 0 Å². The Kier molecular flexibility index (Phi) is 10.4. The molecule has 5 aliphatic rings. The van der Waals surface area contributed by atoms with Gasteiger partial charge in [0, 0.05) is 25.0 Å². The van der Waals surface area contributed by atoms with Gasteiger partial charge >= 0.3 is 0 Å². The topological polar surface area (TPSA) is 103 Å². The number of fused-ring (bicyclic) bond motifs is 1. The number of hydroxylamine groups is 2. The molecule has 4 N–H and O–H groups in total. The van der Waals surface area contributed by atoms with Crippen LogP contribution < -0.4 is 10.6 Å². The molecular weight excluding hydrogens is 482 g/mol. The molecule has 8 heteroatoms. The van der Waals surface area contributed by atoms with E-state index in [1.807, 2.05) is 0 Å². The average molecular weight is 536 g/mol. The zero-order chi connectivity index (χ0) is 26.5. The Morgan fingerprint density at radius 3 is 2.47 bits per heavy atom. The van der Waals surface area contributed by atoms with Crippen LogP contribution in [0, 0.1) is 23.7 Å². The highest BCUT2D eigenvalue weighted by Crippen LogP contribution is 2.37. The number of carbonyl (C=O) groups is 1. The second-order valence-corrected chi connectivity index (χ2v) is 13.0. The van der Waals surface area contributed by atoms with Crippen LogP contribution in [-0.4, -0.2) is 83.9 Å². The smallest absolute Gasteiger partial charge is 0.240 e. The van der Waals surface area contributed by atoms with Gasteiger partial charge in [0.25, 0.3) is 0 Å². The van der Waals surface area contributed by atoms with E-state index in [-0.39, 0.29) is 12.5 Å². The maximum Gasteiger partial charge on any atom is 0.240 e. The van der Waals surface area contributed by atoms with Gasteiger partial charge in [-0.3, -0.25) is 9.63 Å². The molecular formula is C30H53N3O5. The zero-order valence-electron chi connectivity index (χ0n) is 23.6. The molecule has 2 saturated heterocycles. The lowest BCUT2D eigenvalue weighted by Crippen LogP contribution is -2.49. The van der Waals surface area contributed by atoms with Gasteiger partial charge in [-0.2, -0.15) is 5.06 Å². The van der Waals surface area contributed by atoms with E-state index in [2.05, 4.69) is 10.6 Å². The van der Waals surface area contributed by atoms with Crippen molar-refractivity contribution in [3.8, 4) is 0 Å². The first-order valence-corrected chi connectivity index (χ1v) is 15.9. The Labute approximate surface area is 229 Å². The van der Waals surface area contributed by atoms with Crippen LogP contribution >= 0.6 is 0 Å². The lowest BCUT2D eigenvalue weighted by atomic mass is 9.79. The van der Waals surface area contributed by atoms with Gasteiger partial charge in [0.05, 0.1) is 24.9 Å². The van der Waals surface area contributed by atoms with Crippen molar-refractivity contribution in [1.82, 2.24) is 15.7 Å². The van der Waals surface area contributed by atoms with Crippen molar-refractivity contribution in [3.05, 3.63) is 0 Å². The SMILES string of the molecule is C[C@@H](O)[C@H]1ON(CC2CCC(OC3CCCCC3)CC2)[C@@H](C(=O)NCCC2CNC3CCCCC23)[C@H]1CO. The van der Waals surface area contributed by atoms with E-state index in [1.165, 1.54) is 57.8 Å². The lowest BCUT2D eigenvalue weighted by Gasteiger charge is -2.35. The van der Waals surface area contributed by atoms with Gasteiger partial charge in [-0.15, -0.1) is 0 Å². The first kappa shape index (κ1) is 28.7. The molecule has 3 aliphatic carbocycles. The zero-order valence-corrected chi connectivity index (χ0v) is 23.6. The molecule has 2 aliphatic heterocycles. The number of hydrogen-bond acceptors (Lipinski definition) is 7. The van der Waals surface area contributed by atoms with Gasteiger partial charge in [-0.25, -0.2) is 0 Å². The minimum atomic E-state index is -0.750. The number of ether oxygens (including phenoxy) is 1. The summed E-state index contributed by atoms with van der Waals surface area (Å²) >= 11 is 0. The molecule has 5 fully saturated rings. The van der Waals surface area contributed by atoms with Gasteiger partial charge in [-0.1, -0.05) is 32.1 Å². The number of carbonyl (C=O) groups excluding carboxylic acids is 1. The molecule has 0 aromatic heterocycles. The Morgan fingerprint density at radius 2 is 1.74 bits per heavy atom. The van der Waals surface area contributed by atoms with Crippen LogP contribution in [0.1, 0.15) is 96.8 Å². The van der Waals surface area contributed by atoms with E-state index in [0.29, 0.717) is 43.2 Å².